The number of nitrogens with one attached hydrogen (secondary N) is 2. The largest absolute Gasteiger partial charge is 0.461 e. The summed E-state index contributed by atoms with van der Waals surface area (Å²) in [6.45, 7) is 4.08. The van der Waals surface area contributed by atoms with E-state index in [1.54, 1.807) is 0 Å². The maximum atomic E-state index is 12.9. The van der Waals surface area contributed by atoms with Gasteiger partial charge in [0.15, 0.2) is 0 Å². The zero-order valence-electron chi connectivity index (χ0n) is 21.9. The third-order valence-electron chi connectivity index (χ3n) is 6.72. The Balaban J connectivity index is 1.31. The first-order valence-corrected chi connectivity index (χ1v) is 13.3. The van der Waals surface area contributed by atoms with Crippen molar-refractivity contribution in [3.63, 3.8) is 0 Å². The normalized spacial score (nSPS) is 12.5. The predicted octanol–water partition coefficient (Wildman–Crippen LogP) is 5.15. The second kappa shape index (κ2) is 14.0. The summed E-state index contributed by atoms with van der Waals surface area (Å²) in [7, 11) is 0. The molecule has 2 amide bonds. The first-order chi connectivity index (χ1) is 19.1. The molecule has 0 aliphatic heterocycles. The van der Waals surface area contributed by atoms with Crippen molar-refractivity contribution in [3.8, 4) is 11.1 Å². The Kier molecular flexibility index (Phi) is 9.89. The molecular formula is C32H34N2O5. The van der Waals surface area contributed by atoms with Gasteiger partial charge >= 0.3 is 12.1 Å². The van der Waals surface area contributed by atoms with Gasteiger partial charge in [-0.3, -0.25) is 9.59 Å². The number of benzene rings is 3. The lowest BCUT2D eigenvalue weighted by Gasteiger charge is -2.19. The van der Waals surface area contributed by atoms with Crippen LogP contribution in [0.15, 0.2) is 91.5 Å². The minimum absolute atomic E-state index is 0.0254. The zero-order valence-corrected chi connectivity index (χ0v) is 21.9. The summed E-state index contributed by atoms with van der Waals surface area (Å²) in [5.41, 5.74) is 5.66. The maximum Gasteiger partial charge on any atom is 0.407 e. The Morgan fingerprint density at radius 3 is 2.15 bits per heavy atom. The molecule has 4 rings (SSSR count). The third-order valence-corrected chi connectivity index (χ3v) is 6.72. The van der Waals surface area contributed by atoms with Crippen LogP contribution in [0.1, 0.15) is 41.9 Å². The highest BCUT2D eigenvalue weighted by Gasteiger charge is 2.30. The lowest BCUT2D eigenvalue weighted by atomic mass is 9.98. The van der Waals surface area contributed by atoms with E-state index in [2.05, 4.69) is 41.5 Å². The summed E-state index contributed by atoms with van der Waals surface area (Å²) in [6, 6.07) is 25.1. The second-order valence-electron chi connectivity index (χ2n) is 9.43. The van der Waals surface area contributed by atoms with Crippen LogP contribution in [-0.4, -0.2) is 43.8 Å². The molecule has 1 aliphatic rings. The molecule has 3 aromatic rings. The van der Waals surface area contributed by atoms with Crippen LogP contribution in [0.25, 0.3) is 11.1 Å². The molecule has 3 aromatic carbocycles. The quantitative estimate of drug-likeness (QED) is 0.183. The zero-order chi connectivity index (χ0) is 27.5. The Morgan fingerprint density at radius 1 is 0.846 bits per heavy atom. The molecule has 7 nitrogen and oxygen atoms in total. The lowest BCUT2D eigenvalue weighted by molar-refractivity contribution is -0.144. The van der Waals surface area contributed by atoms with Crippen molar-refractivity contribution < 1.29 is 23.9 Å². The highest BCUT2D eigenvalue weighted by molar-refractivity contribution is 5.89. The minimum atomic E-state index is -1.12. The van der Waals surface area contributed by atoms with Crippen LogP contribution in [0, 0.1) is 0 Å². The number of amides is 2. The Hall–Kier alpha value is -4.39. The number of rotatable bonds is 13. The van der Waals surface area contributed by atoms with Gasteiger partial charge in [0.25, 0.3) is 0 Å². The molecule has 1 atom stereocenters. The van der Waals surface area contributed by atoms with Crippen molar-refractivity contribution in [1.82, 2.24) is 10.6 Å². The first kappa shape index (κ1) is 27.6. The molecule has 39 heavy (non-hydrogen) atoms. The maximum absolute atomic E-state index is 12.9. The summed E-state index contributed by atoms with van der Waals surface area (Å²) in [5, 5.41) is 5.38. The van der Waals surface area contributed by atoms with Gasteiger partial charge in [-0.2, -0.15) is 0 Å². The van der Waals surface area contributed by atoms with E-state index in [0.717, 1.165) is 41.5 Å². The molecule has 0 unspecified atom stereocenters. The Bertz CT molecular complexity index is 1240. The molecule has 0 spiro atoms. The van der Waals surface area contributed by atoms with Crippen molar-refractivity contribution in [2.24, 2.45) is 0 Å². The van der Waals surface area contributed by atoms with Gasteiger partial charge in [-0.15, -0.1) is 0 Å². The van der Waals surface area contributed by atoms with E-state index in [0.29, 0.717) is 6.54 Å². The lowest BCUT2D eigenvalue weighted by Crippen LogP contribution is -2.48. The van der Waals surface area contributed by atoms with Crippen LogP contribution in [0.3, 0.4) is 0 Å². The topological polar surface area (TPSA) is 93.7 Å². The number of hydrogen-bond acceptors (Lipinski definition) is 5. The van der Waals surface area contributed by atoms with Gasteiger partial charge < -0.3 is 20.1 Å². The van der Waals surface area contributed by atoms with Crippen molar-refractivity contribution in [2.75, 3.05) is 19.8 Å². The van der Waals surface area contributed by atoms with Crippen LogP contribution in [0.2, 0.25) is 0 Å². The van der Waals surface area contributed by atoms with E-state index in [-0.39, 0.29) is 25.6 Å². The molecule has 7 heteroatoms. The fourth-order valence-electron chi connectivity index (χ4n) is 4.80. The molecule has 0 aromatic heterocycles. The van der Waals surface area contributed by atoms with E-state index in [9.17, 15) is 14.4 Å². The fourth-order valence-corrected chi connectivity index (χ4v) is 4.80. The van der Waals surface area contributed by atoms with Crippen LogP contribution >= 0.6 is 0 Å². The number of hydrogen-bond donors (Lipinski definition) is 2. The summed E-state index contributed by atoms with van der Waals surface area (Å²) in [6.07, 6.45) is 2.94. The Morgan fingerprint density at radius 2 is 1.49 bits per heavy atom. The number of alkyl carbamates (subject to hydrolysis) is 1. The summed E-state index contributed by atoms with van der Waals surface area (Å²) in [5.74, 6) is -1.19. The molecule has 0 saturated carbocycles. The molecule has 0 heterocycles. The first-order valence-electron chi connectivity index (χ1n) is 13.3. The summed E-state index contributed by atoms with van der Waals surface area (Å²) >= 11 is 0. The molecule has 0 radical (unpaired) electrons. The molecule has 0 bridgehead atoms. The van der Waals surface area contributed by atoms with Crippen LogP contribution in [-0.2, 0) is 25.5 Å². The highest BCUT2D eigenvalue weighted by Crippen LogP contribution is 2.44. The molecule has 2 N–H and O–H groups in total. The number of esters is 1. The highest BCUT2D eigenvalue weighted by atomic mass is 16.5. The monoisotopic (exact) mass is 526 g/mol. The van der Waals surface area contributed by atoms with E-state index in [1.165, 1.54) is 11.6 Å². The molecular weight excluding hydrogens is 492 g/mol. The van der Waals surface area contributed by atoms with Crippen molar-refractivity contribution in [1.29, 1.82) is 0 Å². The van der Waals surface area contributed by atoms with Gasteiger partial charge in [0, 0.05) is 12.5 Å². The number of fused-ring (bicyclic) bond motifs is 3. The van der Waals surface area contributed by atoms with E-state index >= 15 is 0 Å². The SMILES string of the molecule is C=CCOC(=O)C[C@@H](NC(=O)OCC1c2ccccc2-c2ccccc21)C(=O)NCCCCc1ccccc1. The number of ether oxygens (including phenoxy) is 2. The second-order valence-corrected chi connectivity index (χ2v) is 9.43. The van der Waals surface area contributed by atoms with E-state index < -0.39 is 24.0 Å². The fraction of sp³-hybridized carbons (Fsp3) is 0.281. The molecule has 1 aliphatic carbocycles. The number of carbonyl (C=O) groups excluding carboxylic acids is 3. The van der Waals surface area contributed by atoms with Gasteiger partial charge in [0.1, 0.15) is 19.3 Å². The van der Waals surface area contributed by atoms with Crippen molar-refractivity contribution >= 4 is 18.0 Å². The summed E-state index contributed by atoms with van der Waals surface area (Å²) < 4.78 is 10.6. The number of unbranched alkanes of at least 4 members (excludes halogenated alkanes) is 1. The number of aryl methyl sites for hydroxylation is 1. The smallest absolute Gasteiger partial charge is 0.407 e. The number of carbonyl (C=O) groups is 3. The van der Waals surface area contributed by atoms with Crippen LogP contribution < -0.4 is 10.6 Å². The minimum Gasteiger partial charge on any atom is -0.461 e. The molecule has 202 valence electrons. The van der Waals surface area contributed by atoms with Gasteiger partial charge in [-0.1, -0.05) is 91.5 Å². The molecule has 0 saturated heterocycles. The van der Waals surface area contributed by atoms with E-state index in [4.69, 9.17) is 9.47 Å². The third kappa shape index (κ3) is 7.57. The van der Waals surface area contributed by atoms with Crippen molar-refractivity contribution in [3.05, 3.63) is 108 Å². The van der Waals surface area contributed by atoms with Crippen LogP contribution in [0.4, 0.5) is 4.79 Å². The average molecular weight is 527 g/mol. The predicted molar refractivity (Wildman–Crippen MR) is 150 cm³/mol. The van der Waals surface area contributed by atoms with Crippen LogP contribution in [0.5, 0.6) is 0 Å². The van der Waals surface area contributed by atoms with Gasteiger partial charge in [-0.25, -0.2) is 4.79 Å². The van der Waals surface area contributed by atoms with Gasteiger partial charge in [0.05, 0.1) is 6.42 Å². The summed E-state index contributed by atoms with van der Waals surface area (Å²) in [4.78, 5) is 37.9. The van der Waals surface area contributed by atoms with Gasteiger partial charge in [0.2, 0.25) is 5.91 Å². The van der Waals surface area contributed by atoms with Crippen molar-refractivity contribution in [2.45, 2.75) is 37.6 Å². The molecule has 0 fully saturated rings. The standard InChI is InChI=1S/C32H34N2O5/c1-2-20-38-30(35)21-29(31(36)33-19-11-10-14-23-12-4-3-5-13-23)34-32(37)39-22-28-26-17-8-6-15-24(26)25-16-7-9-18-27(25)28/h2-9,12-13,15-18,28-29H,1,10-11,14,19-22H2,(H,33,36)(H,34,37)/t29-/m1/s1. The Labute approximate surface area is 229 Å². The van der Waals surface area contributed by atoms with Gasteiger partial charge in [-0.05, 0) is 47.1 Å². The average Bonchev–Trinajstić information content (AvgIpc) is 3.28. The van der Waals surface area contributed by atoms with E-state index in [1.807, 2.05) is 54.6 Å².